The first-order valence-corrected chi connectivity index (χ1v) is 9.13. The first-order chi connectivity index (χ1) is 14.1. The average Bonchev–Trinajstić information content (AvgIpc) is 2.76. The zero-order valence-corrected chi connectivity index (χ0v) is 15.8. The molecule has 4 nitrogen and oxygen atoms in total. The van der Waals surface area contributed by atoms with Gasteiger partial charge < -0.3 is 9.30 Å². The van der Waals surface area contributed by atoms with Gasteiger partial charge in [0.2, 0.25) is 5.43 Å². The SMILES string of the molecule is COc1ccccc1Cn1cc(C(=O)c2ccc(F)cc2)c(=O)c2ccccc21. The third-order valence-corrected chi connectivity index (χ3v) is 4.87. The Kier molecular flexibility index (Phi) is 4.96. The molecule has 29 heavy (non-hydrogen) atoms. The minimum absolute atomic E-state index is 0.0465. The van der Waals surface area contributed by atoms with Crippen LogP contribution < -0.4 is 10.2 Å². The number of fused-ring (bicyclic) bond motifs is 1. The molecular weight excluding hydrogens is 369 g/mol. The molecule has 0 radical (unpaired) electrons. The molecular formula is C24H18FNO3. The van der Waals surface area contributed by atoms with Gasteiger partial charge >= 0.3 is 0 Å². The number of para-hydroxylation sites is 2. The maximum Gasteiger partial charge on any atom is 0.200 e. The van der Waals surface area contributed by atoms with Crippen LogP contribution >= 0.6 is 0 Å². The van der Waals surface area contributed by atoms with Gasteiger partial charge in [-0.2, -0.15) is 0 Å². The molecule has 0 amide bonds. The van der Waals surface area contributed by atoms with Crippen molar-refractivity contribution < 1.29 is 13.9 Å². The number of hydrogen-bond acceptors (Lipinski definition) is 3. The second kappa shape index (κ2) is 7.72. The molecule has 0 aliphatic carbocycles. The van der Waals surface area contributed by atoms with Gasteiger partial charge in [-0.1, -0.05) is 30.3 Å². The molecule has 0 aliphatic heterocycles. The summed E-state index contributed by atoms with van der Waals surface area (Å²) in [7, 11) is 1.60. The Morgan fingerprint density at radius 1 is 0.966 bits per heavy atom. The predicted molar refractivity (Wildman–Crippen MR) is 110 cm³/mol. The summed E-state index contributed by atoms with van der Waals surface area (Å²) < 4.78 is 20.5. The molecule has 1 aromatic heterocycles. The van der Waals surface area contributed by atoms with Gasteiger partial charge in [0.15, 0.2) is 5.78 Å². The van der Waals surface area contributed by atoms with E-state index in [0.29, 0.717) is 11.9 Å². The van der Waals surface area contributed by atoms with E-state index in [2.05, 4.69) is 0 Å². The van der Waals surface area contributed by atoms with Crippen LogP contribution in [-0.2, 0) is 6.54 Å². The Bertz CT molecular complexity index is 1260. The van der Waals surface area contributed by atoms with E-state index in [1.165, 1.54) is 24.3 Å². The number of pyridine rings is 1. The summed E-state index contributed by atoms with van der Waals surface area (Å²) >= 11 is 0. The predicted octanol–water partition coefficient (Wildman–Crippen LogP) is 4.43. The van der Waals surface area contributed by atoms with Gasteiger partial charge in [0.25, 0.3) is 0 Å². The smallest absolute Gasteiger partial charge is 0.200 e. The Balaban J connectivity index is 1.88. The number of hydrogen-bond donors (Lipinski definition) is 0. The number of nitrogens with zero attached hydrogens (tertiary/aromatic N) is 1. The van der Waals surface area contributed by atoms with Crippen molar-refractivity contribution in [1.82, 2.24) is 4.57 Å². The molecule has 5 heteroatoms. The van der Waals surface area contributed by atoms with E-state index in [1.54, 1.807) is 25.4 Å². The van der Waals surface area contributed by atoms with Crippen molar-refractivity contribution in [1.29, 1.82) is 0 Å². The second-order valence-corrected chi connectivity index (χ2v) is 6.66. The number of carbonyl (C=O) groups is 1. The summed E-state index contributed by atoms with van der Waals surface area (Å²) in [5.74, 6) is -0.148. The van der Waals surface area contributed by atoms with Crippen molar-refractivity contribution in [3.05, 3.63) is 112 Å². The first kappa shape index (κ1) is 18.6. The summed E-state index contributed by atoms with van der Waals surface area (Å²) in [5.41, 5.74) is 1.61. The first-order valence-electron chi connectivity index (χ1n) is 9.13. The summed E-state index contributed by atoms with van der Waals surface area (Å²) in [6.45, 7) is 0.425. The van der Waals surface area contributed by atoms with Crippen LogP contribution in [0.25, 0.3) is 10.9 Å². The van der Waals surface area contributed by atoms with Crippen molar-refractivity contribution >= 4 is 16.7 Å². The van der Waals surface area contributed by atoms with E-state index in [0.717, 1.165) is 16.8 Å². The molecule has 4 rings (SSSR count). The Hall–Kier alpha value is -3.73. The van der Waals surface area contributed by atoms with Crippen molar-refractivity contribution in [2.45, 2.75) is 6.54 Å². The van der Waals surface area contributed by atoms with Crippen molar-refractivity contribution in [2.24, 2.45) is 0 Å². The molecule has 0 atom stereocenters. The molecule has 0 unspecified atom stereocenters. The highest BCUT2D eigenvalue weighted by Gasteiger charge is 2.17. The average molecular weight is 387 g/mol. The number of halogens is 1. The lowest BCUT2D eigenvalue weighted by atomic mass is 10.0. The quantitative estimate of drug-likeness (QED) is 0.476. The van der Waals surface area contributed by atoms with Gasteiger partial charge in [-0.3, -0.25) is 9.59 Å². The van der Waals surface area contributed by atoms with Crippen LogP contribution in [0.15, 0.2) is 83.8 Å². The van der Waals surface area contributed by atoms with Crippen LogP contribution in [0.4, 0.5) is 4.39 Å². The molecule has 0 saturated carbocycles. The van der Waals surface area contributed by atoms with Crippen LogP contribution in [0.3, 0.4) is 0 Å². The lowest BCUT2D eigenvalue weighted by molar-refractivity contribution is 0.103. The van der Waals surface area contributed by atoms with Crippen LogP contribution in [-0.4, -0.2) is 17.5 Å². The maximum atomic E-state index is 13.2. The highest BCUT2D eigenvalue weighted by Crippen LogP contribution is 2.21. The molecule has 1 heterocycles. The normalized spacial score (nSPS) is 10.8. The molecule has 4 aromatic rings. The van der Waals surface area contributed by atoms with Crippen LogP contribution in [0, 0.1) is 5.82 Å². The van der Waals surface area contributed by atoms with E-state index >= 15 is 0 Å². The third kappa shape index (κ3) is 3.55. The summed E-state index contributed by atoms with van der Waals surface area (Å²) in [5, 5.41) is 0.454. The van der Waals surface area contributed by atoms with Crippen molar-refractivity contribution in [3.63, 3.8) is 0 Å². The zero-order chi connectivity index (χ0) is 20.4. The maximum absolute atomic E-state index is 13.2. The number of methoxy groups -OCH3 is 1. The Morgan fingerprint density at radius 2 is 1.66 bits per heavy atom. The number of rotatable bonds is 5. The largest absolute Gasteiger partial charge is 0.496 e. The van der Waals surface area contributed by atoms with Gasteiger partial charge in [0.05, 0.1) is 24.7 Å². The molecule has 0 N–H and O–H groups in total. The van der Waals surface area contributed by atoms with E-state index in [4.69, 9.17) is 4.74 Å². The van der Waals surface area contributed by atoms with Gasteiger partial charge in [-0.25, -0.2) is 4.39 Å². The molecule has 144 valence electrons. The molecule has 0 saturated heterocycles. The number of carbonyl (C=O) groups excluding carboxylic acids is 1. The van der Waals surface area contributed by atoms with Crippen LogP contribution in [0.5, 0.6) is 5.75 Å². The van der Waals surface area contributed by atoms with Gasteiger partial charge in [-0.15, -0.1) is 0 Å². The lowest BCUT2D eigenvalue weighted by Gasteiger charge is -2.15. The summed E-state index contributed by atoms with van der Waals surface area (Å²) in [6.07, 6.45) is 1.57. The van der Waals surface area contributed by atoms with Gasteiger partial charge in [0.1, 0.15) is 11.6 Å². The highest BCUT2D eigenvalue weighted by molar-refractivity contribution is 6.10. The number of aromatic nitrogens is 1. The minimum Gasteiger partial charge on any atom is -0.496 e. The Labute approximate surface area is 166 Å². The molecule has 0 fully saturated rings. The van der Waals surface area contributed by atoms with Crippen molar-refractivity contribution in [3.8, 4) is 5.75 Å². The van der Waals surface area contributed by atoms with Crippen LogP contribution in [0.2, 0.25) is 0 Å². The topological polar surface area (TPSA) is 48.3 Å². The molecule has 0 aliphatic rings. The fourth-order valence-corrected chi connectivity index (χ4v) is 3.41. The molecule has 0 spiro atoms. The number of ether oxygens (including phenoxy) is 1. The fraction of sp³-hybridized carbons (Fsp3) is 0.0833. The Morgan fingerprint density at radius 3 is 2.41 bits per heavy atom. The van der Waals surface area contributed by atoms with E-state index in [1.807, 2.05) is 41.0 Å². The minimum atomic E-state index is -0.436. The summed E-state index contributed by atoms with van der Waals surface area (Å²) in [6, 6.07) is 20.0. The van der Waals surface area contributed by atoms with Gasteiger partial charge in [0, 0.05) is 22.7 Å². The number of benzene rings is 3. The zero-order valence-electron chi connectivity index (χ0n) is 15.8. The summed E-state index contributed by atoms with van der Waals surface area (Å²) in [4.78, 5) is 26.0. The van der Waals surface area contributed by atoms with E-state index in [-0.39, 0.29) is 16.6 Å². The van der Waals surface area contributed by atoms with E-state index in [9.17, 15) is 14.0 Å². The molecule has 0 bridgehead atoms. The van der Waals surface area contributed by atoms with Crippen LogP contribution in [0.1, 0.15) is 21.5 Å². The second-order valence-electron chi connectivity index (χ2n) is 6.66. The monoisotopic (exact) mass is 387 g/mol. The van der Waals surface area contributed by atoms with Gasteiger partial charge in [-0.05, 0) is 42.5 Å². The highest BCUT2D eigenvalue weighted by atomic mass is 19.1. The fourth-order valence-electron chi connectivity index (χ4n) is 3.41. The molecule has 3 aromatic carbocycles. The van der Waals surface area contributed by atoms with Crippen molar-refractivity contribution in [2.75, 3.05) is 7.11 Å². The lowest BCUT2D eigenvalue weighted by Crippen LogP contribution is -2.20. The van der Waals surface area contributed by atoms with E-state index < -0.39 is 11.6 Å². The third-order valence-electron chi connectivity index (χ3n) is 4.87. The standard InChI is InChI=1S/C24H18FNO3/c1-29-22-9-5-2-6-17(22)14-26-15-20(23(27)16-10-12-18(25)13-11-16)24(28)19-7-3-4-8-21(19)26/h2-13,15H,14H2,1H3. The number of ketones is 1.